The van der Waals surface area contributed by atoms with Gasteiger partial charge in [-0.2, -0.15) is 0 Å². The van der Waals surface area contributed by atoms with Crippen molar-refractivity contribution in [2.24, 2.45) is 4.99 Å². The van der Waals surface area contributed by atoms with Crippen LogP contribution in [0.5, 0.6) is 0 Å². The molecule has 0 radical (unpaired) electrons. The lowest BCUT2D eigenvalue weighted by molar-refractivity contribution is -0.114. The number of rotatable bonds is 9. The first-order valence-electron chi connectivity index (χ1n) is 9.83. The molecule has 1 aromatic carbocycles. The van der Waals surface area contributed by atoms with E-state index in [1.807, 2.05) is 17.6 Å². The topological polar surface area (TPSA) is 126 Å². The molecule has 2 heterocycles. The molecule has 3 N–H and O–H groups in total. The fourth-order valence-corrected chi connectivity index (χ4v) is 3.75. The van der Waals surface area contributed by atoms with Crippen LogP contribution in [0.2, 0.25) is 0 Å². The van der Waals surface area contributed by atoms with E-state index in [0.29, 0.717) is 34.7 Å². The summed E-state index contributed by atoms with van der Waals surface area (Å²) in [5, 5.41) is 17.7. The Bertz CT molecular complexity index is 1140. The number of aromatic nitrogens is 4. The van der Waals surface area contributed by atoms with Gasteiger partial charge in [0.05, 0.1) is 11.4 Å². The van der Waals surface area contributed by atoms with Crippen molar-refractivity contribution >= 4 is 53.2 Å². The predicted octanol–water partition coefficient (Wildman–Crippen LogP) is 3.92. The highest BCUT2D eigenvalue weighted by atomic mass is 32.2. The van der Waals surface area contributed by atoms with E-state index < -0.39 is 0 Å². The standard InChI is InChI=1S/C21H24N8O2S.2H2/c1-5-29-20(14-10-17(22-3)19(23-4)24-11-14)27-28-21(29)32-12-18(31)26-16-8-6-15(7-9-16)25-13(2)30;;/h6-11,22H,4-5,12H2,1-3H3,(H,25,30)(H,26,31);2*1H. The quantitative estimate of drug-likeness (QED) is 0.329. The summed E-state index contributed by atoms with van der Waals surface area (Å²) < 4.78 is 1.93. The Kier molecular flexibility index (Phi) is 7.55. The molecule has 0 aliphatic carbocycles. The number of aliphatic imine (C=N–C) groups is 1. The van der Waals surface area contributed by atoms with Gasteiger partial charge in [-0.1, -0.05) is 11.8 Å². The number of nitrogens with zero attached hydrogens (tertiary/aromatic N) is 5. The summed E-state index contributed by atoms with van der Waals surface area (Å²) in [6, 6.07) is 8.80. The van der Waals surface area contributed by atoms with E-state index in [1.54, 1.807) is 37.5 Å². The summed E-state index contributed by atoms with van der Waals surface area (Å²) in [5.74, 6) is 1.02. The average molecular weight is 457 g/mol. The van der Waals surface area contributed by atoms with Gasteiger partial charge >= 0.3 is 0 Å². The van der Waals surface area contributed by atoms with Gasteiger partial charge in [-0.15, -0.1) is 10.2 Å². The van der Waals surface area contributed by atoms with Gasteiger partial charge in [0.2, 0.25) is 11.8 Å². The number of carbonyl (C=O) groups is 2. The SMILES string of the molecule is C=Nc1ncc(-c2nnc(SCC(=O)Nc3ccc(NC(C)=O)cc3)n2CC)cc1NC.[HH].[HH]. The molecule has 0 atom stereocenters. The van der Waals surface area contributed by atoms with Crippen LogP contribution >= 0.6 is 11.8 Å². The minimum atomic E-state index is -0.171. The third kappa shape index (κ3) is 5.49. The van der Waals surface area contributed by atoms with Crippen molar-refractivity contribution in [1.82, 2.24) is 19.7 Å². The zero-order valence-electron chi connectivity index (χ0n) is 18.0. The van der Waals surface area contributed by atoms with Gasteiger partial charge in [0.1, 0.15) is 0 Å². The molecule has 3 rings (SSSR count). The first-order valence-corrected chi connectivity index (χ1v) is 10.8. The van der Waals surface area contributed by atoms with Crippen molar-refractivity contribution < 1.29 is 12.4 Å². The van der Waals surface area contributed by atoms with Gasteiger partial charge in [-0.25, -0.2) is 9.98 Å². The molecule has 10 nitrogen and oxygen atoms in total. The maximum absolute atomic E-state index is 12.4. The molecule has 2 amide bonds. The van der Waals surface area contributed by atoms with Crippen LogP contribution in [0.15, 0.2) is 46.7 Å². The third-order valence-electron chi connectivity index (χ3n) is 4.40. The van der Waals surface area contributed by atoms with Crippen LogP contribution in [0.1, 0.15) is 16.7 Å². The maximum Gasteiger partial charge on any atom is 0.234 e. The fraction of sp³-hybridized carbons (Fsp3) is 0.238. The molecular weight excluding hydrogens is 428 g/mol. The Morgan fingerprint density at radius 2 is 1.88 bits per heavy atom. The van der Waals surface area contributed by atoms with Crippen LogP contribution in [0, 0.1) is 0 Å². The number of nitrogens with one attached hydrogen (secondary N) is 3. The van der Waals surface area contributed by atoms with Crippen LogP contribution in [0.3, 0.4) is 0 Å². The van der Waals surface area contributed by atoms with Crippen molar-refractivity contribution in [3.05, 3.63) is 36.5 Å². The molecule has 0 aliphatic heterocycles. The number of benzene rings is 1. The largest absolute Gasteiger partial charge is 0.385 e. The lowest BCUT2D eigenvalue weighted by atomic mass is 10.2. The molecule has 0 fully saturated rings. The Morgan fingerprint density at radius 1 is 1.19 bits per heavy atom. The van der Waals surface area contributed by atoms with Crippen LogP contribution in [-0.4, -0.2) is 51.1 Å². The number of thioether (sulfide) groups is 1. The molecule has 2 aromatic heterocycles. The summed E-state index contributed by atoms with van der Waals surface area (Å²) in [6.45, 7) is 7.58. The number of hydrogen-bond acceptors (Lipinski definition) is 8. The number of amides is 2. The van der Waals surface area contributed by atoms with Gasteiger partial charge in [0, 0.05) is 46.5 Å². The molecular formula is C21H28N8O2S. The molecule has 0 aliphatic rings. The molecule has 0 unspecified atom stereocenters. The highest BCUT2D eigenvalue weighted by Crippen LogP contribution is 2.29. The average Bonchev–Trinajstić information content (AvgIpc) is 3.21. The summed E-state index contributed by atoms with van der Waals surface area (Å²) in [7, 11) is 1.79. The second-order valence-corrected chi connectivity index (χ2v) is 7.59. The van der Waals surface area contributed by atoms with Crippen molar-refractivity contribution in [3.8, 4) is 11.4 Å². The predicted molar refractivity (Wildman–Crippen MR) is 132 cm³/mol. The van der Waals surface area contributed by atoms with E-state index in [9.17, 15) is 9.59 Å². The number of anilines is 3. The minimum absolute atomic E-state index is 0. The van der Waals surface area contributed by atoms with Crippen LogP contribution in [0.4, 0.5) is 22.9 Å². The lowest BCUT2D eigenvalue weighted by Crippen LogP contribution is -2.14. The molecule has 3 aromatic rings. The van der Waals surface area contributed by atoms with E-state index in [4.69, 9.17) is 0 Å². The van der Waals surface area contributed by atoms with Crippen molar-refractivity contribution in [3.63, 3.8) is 0 Å². The van der Waals surface area contributed by atoms with Crippen LogP contribution in [0.25, 0.3) is 11.4 Å². The molecule has 11 heteroatoms. The van der Waals surface area contributed by atoms with E-state index >= 15 is 0 Å². The van der Waals surface area contributed by atoms with E-state index in [-0.39, 0.29) is 20.4 Å². The van der Waals surface area contributed by atoms with Crippen LogP contribution in [-0.2, 0) is 16.1 Å². The summed E-state index contributed by atoms with van der Waals surface area (Å²) in [5.41, 5.74) is 2.83. The van der Waals surface area contributed by atoms with Crippen molar-refractivity contribution in [2.45, 2.75) is 25.5 Å². The number of carbonyl (C=O) groups excluding carboxylic acids is 2. The van der Waals surface area contributed by atoms with Crippen molar-refractivity contribution in [2.75, 3.05) is 28.8 Å². The lowest BCUT2D eigenvalue weighted by Gasteiger charge is -2.10. The van der Waals surface area contributed by atoms with E-state index in [0.717, 1.165) is 11.3 Å². The van der Waals surface area contributed by atoms with E-state index in [1.165, 1.54) is 18.7 Å². The highest BCUT2D eigenvalue weighted by molar-refractivity contribution is 7.99. The Hall–Kier alpha value is -3.73. The third-order valence-corrected chi connectivity index (χ3v) is 5.37. The van der Waals surface area contributed by atoms with Gasteiger partial charge < -0.3 is 20.5 Å². The van der Waals surface area contributed by atoms with Gasteiger partial charge in [-0.3, -0.25) is 9.59 Å². The summed E-state index contributed by atoms with van der Waals surface area (Å²) in [4.78, 5) is 31.7. The molecule has 32 heavy (non-hydrogen) atoms. The first kappa shape index (κ1) is 22.9. The first-order chi connectivity index (χ1) is 15.4. The van der Waals surface area contributed by atoms with Crippen molar-refractivity contribution in [1.29, 1.82) is 0 Å². The van der Waals surface area contributed by atoms with Gasteiger partial charge in [0.15, 0.2) is 16.8 Å². The molecule has 0 saturated carbocycles. The normalized spacial score (nSPS) is 10.5. The number of hydrogen-bond donors (Lipinski definition) is 3. The zero-order chi connectivity index (χ0) is 23.1. The smallest absolute Gasteiger partial charge is 0.234 e. The minimum Gasteiger partial charge on any atom is -0.385 e. The van der Waals surface area contributed by atoms with Gasteiger partial charge in [-0.05, 0) is 44.0 Å². The summed E-state index contributed by atoms with van der Waals surface area (Å²) >= 11 is 1.30. The zero-order valence-corrected chi connectivity index (χ0v) is 18.9. The Balaban J connectivity index is 0.00000289. The Morgan fingerprint density at radius 3 is 2.47 bits per heavy atom. The second-order valence-electron chi connectivity index (χ2n) is 6.65. The highest BCUT2D eigenvalue weighted by Gasteiger charge is 2.16. The molecule has 0 bridgehead atoms. The second kappa shape index (κ2) is 10.5. The molecule has 0 spiro atoms. The summed E-state index contributed by atoms with van der Waals surface area (Å²) in [6.07, 6.45) is 1.67. The fourth-order valence-electron chi connectivity index (χ4n) is 2.95. The van der Waals surface area contributed by atoms with E-state index in [2.05, 4.69) is 42.8 Å². The monoisotopic (exact) mass is 456 g/mol. The van der Waals surface area contributed by atoms with Crippen LogP contribution < -0.4 is 16.0 Å². The molecule has 0 saturated heterocycles. The maximum atomic E-state index is 12.4. The molecule has 170 valence electrons. The number of pyridine rings is 1. The van der Waals surface area contributed by atoms with Gasteiger partial charge in [0.25, 0.3) is 0 Å². The Labute approximate surface area is 192 Å².